The molecule has 0 aliphatic heterocycles. The third-order valence-electron chi connectivity index (χ3n) is 0.959. The molecule has 5 N–H and O–H groups in total. The van der Waals surface area contributed by atoms with Gasteiger partial charge in [0.1, 0.15) is 0 Å². The summed E-state index contributed by atoms with van der Waals surface area (Å²) in [5, 5.41) is 0. The van der Waals surface area contributed by atoms with Crippen molar-refractivity contribution >= 4 is 0 Å². The zero-order valence-electron chi connectivity index (χ0n) is 8.56. The van der Waals surface area contributed by atoms with E-state index in [4.69, 9.17) is 5.73 Å². The smallest absolute Gasteiger partial charge is 0.00275 e. The quantitative estimate of drug-likeness (QED) is 0.662. The van der Waals surface area contributed by atoms with Crippen molar-refractivity contribution in [3.63, 3.8) is 0 Å². The number of rotatable bonds is 3. The van der Waals surface area contributed by atoms with Crippen LogP contribution in [0.2, 0.25) is 0 Å². The first kappa shape index (κ1) is 17.1. The van der Waals surface area contributed by atoms with Crippen LogP contribution in [-0.2, 0) is 0 Å². The number of hydrogen-bond acceptors (Lipinski definition) is 3. The van der Waals surface area contributed by atoms with Crippen LogP contribution in [0.5, 0.6) is 0 Å². The topological polar surface area (TPSA) is 64.3 Å². The largest absolute Gasteiger partial charge is 0.344 e. The molecule has 0 saturated carbocycles. The van der Waals surface area contributed by atoms with E-state index in [-0.39, 0.29) is 6.15 Å². The molecule has 0 aromatic rings. The van der Waals surface area contributed by atoms with Gasteiger partial charge in [-0.25, -0.2) is 0 Å². The van der Waals surface area contributed by atoms with Gasteiger partial charge in [-0.3, -0.25) is 0 Å². The summed E-state index contributed by atoms with van der Waals surface area (Å²) in [6, 6.07) is 0. The lowest BCUT2D eigenvalue weighted by Crippen LogP contribution is -2.11. The Balaban J connectivity index is -0.000000114. The van der Waals surface area contributed by atoms with Crippen LogP contribution in [0.15, 0.2) is 0 Å². The summed E-state index contributed by atoms with van der Waals surface area (Å²) in [7, 11) is 4.17. The second-order valence-corrected chi connectivity index (χ2v) is 2.59. The highest BCUT2D eigenvalue weighted by molar-refractivity contribution is 4.34. The van der Waals surface area contributed by atoms with Crippen molar-refractivity contribution in [2.24, 2.45) is 5.73 Å². The maximum atomic E-state index is 5.03. The van der Waals surface area contributed by atoms with Crippen molar-refractivity contribution < 1.29 is 0 Å². The molecule has 0 saturated heterocycles. The third-order valence-corrected chi connectivity index (χ3v) is 0.959. The maximum Gasteiger partial charge on any atom is -0.00275 e. The lowest BCUT2D eigenvalue weighted by atomic mass is 10.5. The summed E-state index contributed by atoms with van der Waals surface area (Å²) in [4.78, 5) is 2.18. The third kappa shape index (κ3) is 40.8. The highest BCUT2D eigenvalue weighted by Crippen LogP contribution is 1.76. The zero-order chi connectivity index (χ0) is 8.41. The van der Waals surface area contributed by atoms with Gasteiger partial charge in [0.05, 0.1) is 0 Å². The van der Waals surface area contributed by atoms with Gasteiger partial charge in [0.25, 0.3) is 0 Å². The summed E-state index contributed by atoms with van der Waals surface area (Å²) in [6.45, 7) is 6.26. The SMILES string of the molecule is CCCN.CCCN(C)C.N. The Hall–Kier alpha value is -0.120. The van der Waals surface area contributed by atoms with E-state index in [0.29, 0.717) is 0 Å². The Morgan fingerprint density at radius 2 is 1.45 bits per heavy atom. The summed E-state index contributed by atoms with van der Waals surface area (Å²) in [5.74, 6) is 0. The lowest BCUT2D eigenvalue weighted by molar-refractivity contribution is 0.408. The van der Waals surface area contributed by atoms with E-state index in [1.165, 1.54) is 13.0 Å². The Labute approximate surface area is 71.5 Å². The van der Waals surface area contributed by atoms with E-state index in [1.807, 2.05) is 0 Å². The molecule has 0 rings (SSSR count). The van der Waals surface area contributed by atoms with Crippen LogP contribution >= 0.6 is 0 Å². The fourth-order valence-electron chi connectivity index (χ4n) is 0.447. The molecular weight excluding hydrogens is 138 g/mol. The van der Waals surface area contributed by atoms with Crippen molar-refractivity contribution in [1.29, 1.82) is 0 Å². The average Bonchev–Trinajstić information content (AvgIpc) is 1.89. The standard InChI is InChI=1S/C5H13N.C3H9N.H3N/c1-4-5-6(2)3;1-2-3-4;/h4-5H2,1-3H3;2-4H2,1H3;1H3. The molecule has 0 aromatic heterocycles. The predicted octanol–water partition coefficient (Wildman–Crippen LogP) is 1.48. The molecule has 0 atom stereocenters. The van der Waals surface area contributed by atoms with Gasteiger partial charge >= 0.3 is 0 Å². The second-order valence-electron chi connectivity index (χ2n) is 2.59. The van der Waals surface area contributed by atoms with Crippen LogP contribution in [0.3, 0.4) is 0 Å². The molecule has 0 fully saturated rings. The molecule has 0 bridgehead atoms. The molecule has 0 spiro atoms. The van der Waals surface area contributed by atoms with Crippen LogP contribution in [0.25, 0.3) is 0 Å². The molecule has 0 aliphatic carbocycles. The molecule has 0 aromatic carbocycles. The summed E-state index contributed by atoms with van der Waals surface area (Å²) < 4.78 is 0. The molecular formula is C8H25N3. The van der Waals surface area contributed by atoms with Crippen molar-refractivity contribution in [2.75, 3.05) is 27.2 Å². The Kier molecular flexibility index (Phi) is 25.6. The Bertz CT molecular complexity index is 44.6. The van der Waals surface area contributed by atoms with Gasteiger partial charge in [-0.1, -0.05) is 13.8 Å². The summed E-state index contributed by atoms with van der Waals surface area (Å²) in [5.41, 5.74) is 5.03. The van der Waals surface area contributed by atoms with Gasteiger partial charge in [-0.05, 0) is 40.0 Å². The van der Waals surface area contributed by atoms with E-state index in [1.54, 1.807) is 0 Å². The molecule has 3 heteroatoms. The minimum Gasteiger partial charge on any atom is -0.344 e. The zero-order valence-corrected chi connectivity index (χ0v) is 8.56. The number of hydrogen-bond donors (Lipinski definition) is 2. The van der Waals surface area contributed by atoms with E-state index in [9.17, 15) is 0 Å². The Morgan fingerprint density at radius 3 is 1.45 bits per heavy atom. The molecule has 0 unspecified atom stereocenters. The van der Waals surface area contributed by atoms with Crippen LogP contribution < -0.4 is 11.9 Å². The van der Waals surface area contributed by atoms with Gasteiger partial charge < -0.3 is 16.8 Å². The number of nitrogens with two attached hydrogens (primary N) is 1. The van der Waals surface area contributed by atoms with Crippen molar-refractivity contribution in [3.05, 3.63) is 0 Å². The van der Waals surface area contributed by atoms with E-state index < -0.39 is 0 Å². The van der Waals surface area contributed by atoms with Crippen molar-refractivity contribution in [2.45, 2.75) is 26.7 Å². The van der Waals surface area contributed by atoms with Crippen molar-refractivity contribution in [3.8, 4) is 0 Å². The van der Waals surface area contributed by atoms with Gasteiger partial charge in [0.15, 0.2) is 0 Å². The molecule has 3 nitrogen and oxygen atoms in total. The van der Waals surface area contributed by atoms with E-state index >= 15 is 0 Å². The average molecular weight is 163 g/mol. The highest BCUT2D eigenvalue weighted by Gasteiger charge is 1.79. The molecule has 11 heavy (non-hydrogen) atoms. The lowest BCUT2D eigenvalue weighted by Gasteiger charge is -2.03. The van der Waals surface area contributed by atoms with Crippen LogP contribution in [0.1, 0.15) is 26.7 Å². The van der Waals surface area contributed by atoms with Crippen LogP contribution in [-0.4, -0.2) is 32.1 Å². The van der Waals surface area contributed by atoms with Gasteiger partial charge in [0, 0.05) is 0 Å². The fraction of sp³-hybridized carbons (Fsp3) is 1.00. The van der Waals surface area contributed by atoms with E-state index in [0.717, 1.165) is 13.0 Å². The second kappa shape index (κ2) is 16.5. The Morgan fingerprint density at radius 1 is 1.09 bits per heavy atom. The van der Waals surface area contributed by atoms with Gasteiger partial charge in [-0.15, -0.1) is 0 Å². The van der Waals surface area contributed by atoms with E-state index in [2.05, 4.69) is 32.8 Å². The summed E-state index contributed by atoms with van der Waals surface area (Å²) in [6.07, 6.45) is 2.35. The highest BCUT2D eigenvalue weighted by atomic mass is 15.0. The fourth-order valence-corrected chi connectivity index (χ4v) is 0.447. The molecule has 0 radical (unpaired) electrons. The minimum atomic E-state index is 0. The monoisotopic (exact) mass is 163 g/mol. The van der Waals surface area contributed by atoms with Crippen LogP contribution in [0, 0.1) is 0 Å². The number of nitrogens with zero attached hydrogens (tertiary/aromatic N) is 1. The molecule has 72 valence electrons. The molecule has 0 amide bonds. The first-order valence-electron chi connectivity index (χ1n) is 4.03. The summed E-state index contributed by atoms with van der Waals surface area (Å²) >= 11 is 0. The van der Waals surface area contributed by atoms with Crippen LogP contribution in [0.4, 0.5) is 0 Å². The first-order valence-corrected chi connectivity index (χ1v) is 4.03. The minimum absolute atomic E-state index is 0. The molecule has 0 heterocycles. The van der Waals surface area contributed by atoms with Gasteiger partial charge in [0.2, 0.25) is 0 Å². The molecule has 0 aliphatic rings. The first-order chi connectivity index (χ1) is 4.68. The predicted molar refractivity (Wildman–Crippen MR) is 53.2 cm³/mol. The van der Waals surface area contributed by atoms with Gasteiger partial charge in [-0.2, -0.15) is 0 Å². The van der Waals surface area contributed by atoms with Crippen molar-refractivity contribution in [1.82, 2.24) is 11.1 Å². The maximum absolute atomic E-state index is 5.03. The normalized spacial score (nSPS) is 8.18.